The van der Waals surface area contributed by atoms with E-state index in [1.165, 1.54) is 4.90 Å². The summed E-state index contributed by atoms with van der Waals surface area (Å²) in [5.74, 6) is -0.0269. The number of oxime groups is 1. The van der Waals surface area contributed by atoms with Gasteiger partial charge in [-0.3, -0.25) is 4.79 Å². The number of hydrogen-bond donors (Lipinski definition) is 3. The number of benzene rings is 2. The number of carbonyl (C=O) groups is 2. The fraction of sp³-hybridized carbons (Fsp3) is 0.190. The fourth-order valence-corrected chi connectivity index (χ4v) is 3.47. The molecule has 0 aliphatic carbocycles. The Morgan fingerprint density at radius 3 is 2.70 bits per heavy atom. The number of carbonyl (C=O) groups excluding carboxylic acids is 2. The molecular weight excluding hydrogens is 408 g/mol. The number of H-pyrrole nitrogens is 1. The zero-order chi connectivity index (χ0) is 21.1. The molecule has 2 heterocycles. The molecular formula is C21H19ClN4O4. The van der Waals surface area contributed by atoms with Crippen molar-refractivity contribution in [2.24, 2.45) is 5.16 Å². The summed E-state index contributed by atoms with van der Waals surface area (Å²) in [7, 11) is 0. The van der Waals surface area contributed by atoms with Gasteiger partial charge in [0.2, 0.25) is 11.8 Å². The molecule has 1 aromatic heterocycles. The summed E-state index contributed by atoms with van der Waals surface area (Å²) in [4.78, 5) is 29.8. The number of amides is 2. The number of aromatic nitrogens is 1. The molecule has 3 N–H and O–H groups in total. The number of rotatable bonds is 5. The smallest absolute Gasteiger partial charge is 0.411 e. The van der Waals surface area contributed by atoms with Gasteiger partial charge in [0, 0.05) is 28.4 Å². The lowest BCUT2D eigenvalue weighted by Crippen LogP contribution is -2.58. The first-order valence-corrected chi connectivity index (χ1v) is 9.69. The fourth-order valence-electron chi connectivity index (χ4n) is 3.29. The molecule has 0 unspecified atom stereocenters. The van der Waals surface area contributed by atoms with Crippen LogP contribution in [0.15, 0.2) is 59.8 Å². The maximum absolute atomic E-state index is 12.9. The molecule has 0 spiro atoms. The lowest BCUT2D eigenvalue weighted by molar-refractivity contribution is -0.133. The Bertz CT molecular complexity index is 1100. The molecule has 1 atom stereocenters. The molecule has 154 valence electrons. The van der Waals surface area contributed by atoms with E-state index in [0.717, 1.165) is 16.5 Å². The number of likely N-dealkylation sites (tertiary alicyclic amines) is 1. The molecule has 8 nitrogen and oxygen atoms in total. The average Bonchev–Trinajstić information content (AvgIpc) is 3.08. The highest BCUT2D eigenvalue weighted by atomic mass is 35.5. The van der Waals surface area contributed by atoms with Crippen LogP contribution in [-0.2, 0) is 11.2 Å². The Labute approximate surface area is 177 Å². The van der Waals surface area contributed by atoms with Gasteiger partial charge in [0.05, 0.1) is 18.8 Å². The minimum absolute atomic E-state index is 0.236. The largest absolute Gasteiger partial charge is 0.414 e. The number of aromatic amines is 1. The number of fused-ring (bicyclic) bond motifs is 1. The third kappa shape index (κ3) is 4.38. The van der Waals surface area contributed by atoms with Gasteiger partial charge in [-0.15, -0.1) is 0 Å². The summed E-state index contributed by atoms with van der Waals surface area (Å²) in [5, 5.41) is 15.9. The van der Waals surface area contributed by atoms with E-state index in [2.05, 4.69) is 15.5 Å². The van der Waals surface area contributed by atoms with Crippen LogP contribution in [0.4, 0.5) is 4.79 Å². The van der Waals surface area contributed by atoms with Crippen molar-refractivity contribution in [1.29, 1.82) is 0 Å². The van der Waals surface area contributed by atoms with Gasteiger partial charge in [-0.05, 0) is 23.8 Å². The summed E-state index contributed by atoms with van der Waals surface area (Å²) in [6.07, 6.45) is -0.447. The second-order valence-electron chi connectivity index (χ2n) is 7.00. The van der Waals surface area contributed by atoms with Gasteiger partial charge < -0.3 is 25.1 Å². The summed E-state index contributed by atoms with van der Waals surface area (Å²) >= 11 is 5.98. The number of ether oxygens (including phenoxy) is 1. The van der Waals surface area contributed by atoms with Crippen molar-refractivity contribution in [3.63, 3.8) is 0 Å². The molecule has 4 rings (SSSR count). The molecule has 1 aliphatic heterocycles. The molecule has 30 heavy (non-hydrogen) atoms. The third-order valence-corrected chi connectivity index (χ3v) is 5.07. The number of nitrogens with zero attached hydrogens (tertiary/aromatic N) is 2. The van der Waals surface area contributed by atoms with E-state index in [9.17, 15) is 9.59 Å². The summed E-state index contributed by atoms with van der Waals surface area (Å²) in [5.41, 5.74) is 2.18. The molecule has 0 saturated carbocycles. The summed E-state index contributed by atoms with van der Waals surface area (Å²) < 4.78 is 5.35. The van der Waals surface area contributed by atoms with Crippen LogP contribution < -0.4 is 10.1 Å². The number of halogens is 1. The van der Waals surface area contributed by atoms with Crippen LogP contribution in [0.5, 0.6) is 5.88 Å². The minimum Gasteiger partial charge on any atom is -0.411 e. The van der Waals surface area contributed by atoms with Gasteiger partial charge in [0.25, 0.3) is 0 Å². The van der Waals surface area contributed by atoms with Gasteiger partial charge in [-0.25, -0.2) is 4.79 Å². The average molecular weight is 427 g/mol. The molecule has 1 fully saturated rings. The zero-order valence-corrected chi connectivity index (χ0v) is 16.6. The first-order chi connectivity index (χ1) is 14.5. The Balaban J connectivity index is 1.46. The van der Waals surface area contributed by atoms with Crippen molar-refractivity contribution in [3.8, 4) is 5.88 Å². The highest BCUT2D eigenvalue weighted by Crippen LogP contribution is 2.23. The van der Waals surface area contributed by atoms with Gasteiger partial charge in [0.1, 0.15) is 6.04 Å². The van der Waals surface area contributed by atoms with Crippen molar-refractivity contribution in [3.05, 3.63) is 65.2 Å². The monoisotopic (exact) mass is 426 g/mol. The quantitative estimate of drug-likeness (QED) is 0.430. The van der Waals surface area contributed by atoms with Crippen LogP contribution in [0, 0.1) is 0 Å². The maximum Gasteiger partial charge on any atom is 0.414 e. The normalized spacial score (nSPS) is 14.2. The van der Waals surface area contributed by atoms with E-state index >= 15 is 0 Å². The van der Waals surface area contributed by atoms with E-state index in [-0.39, 0.29) is 24.9 Å². The topological polar surface area (TPSA) is 107 Å². The highest BCUT2D eigenvalue weighted by Gasteiger charge is 2.33. The van der Waals surface area contributed by atoms with Crippen LogP contribution >= 0.6 is 11.6 Å². The van der Waals surface area contributed by atoms with Gasteiger partial charge in [0.15, 0.2) is 0 Å². The lowest BCUT2D eigenvalue weighted by Gasteiger charge is -2.34. The van der Waals surface area contributed by atoms with Crippen molar-refractivity contribution in [2.75, 3.05) is 13.1 Å². The van der Waals surface area contributed by atoms with Crippen molar-refractivity contribution >= 4 is 40.2 Å². The maximum atomic E-state index is 12.9. The van der Waals surface area contributed by atoms with Crippen LogP contribution in [-0.4, -0.2) is 51.9 Å². The predicted octanol–water partition coefficient (Wildman–Crippen LogP) is 3.19. The SMILES string of the molecule is O=C(N[C@@H](Cc1ccccc1)C(=O)N1CC(=NO)C1)Oc1cc2cc(Cl)ccc2[nH]1. The van der Waals surface area contributed by atoms with E-state index in [0.29, 0.717) is 17.2 Å². The predicted molar refractivity (Wildman–Crippen MR) is 112 cm³/mol. The Morgan fingerprint density at radius 1 is 1.20 bits per heavy atom. The van der Waals surface area contributed by atoms with Crippen LogP contribution in [0.3, 0.4) is 0 Å². The molecule has 2 amide bonds. The van der Waals surface area contributed by atoms with Crippen molar-refractivity contribution in [1.82, 2.24) is 15.2 Å². The number of hydrogen-bond acceptors (Lipinski definition) is 5. The Kier molecular flexibility index (Phi) is 5.58. The van der Waals surface area contributed by atoms with Crippen LogP contribution in [0.1, 0.15) is 5.56 Å². The van der Waals surface area contributed by atoms with Gasteiger partial charge >= 0.3 is 6.09 Å². The van der Waals surface area contributed by atoms with Crippen LogP contribution in [0.2, 0.25) is 5.02 Å². The summed E-state index contributed by atoms with van der Waals surface area (Å²) in [6.45, 7) is 0.472. The highest BCUT2D eigenvalue weighted by molar-refractivity contribution is 6.31. The molecule has 0 radical (unpaired) electrons. The van der Waals surface area contributed by atoms with E-state index in [1.54, 1.807) is 24.3 Å². The summed E-state index contributed by atoms with van der Waals surface area (Å²) in [6, 6.07) is 15.5. The third-order valence-electron chi connectivity index (χ3n) is 4.83. The Hall–Kier alpha value is -3.52. The zero-order valence-electron chi connectivity index (χ0n) is 15.8. The standard InChI is InChI=1S/C21H19ClN4O4/c22-15-6-7-17-14(9-15)10-19(23-17)30-21(28)24-18(8-13-4-2-1-3-5-13)20(27)26-11-16(12-26)25-29/h1-7,9-10,18,23,29H,8,11-12H2,(H,24,28)/t18-/m0/s1. The second-order valence-corrected chi connectivity index (χ2v) is 7.44. The molecule has 1 aliphatic rings. The molecule has 3 aromatic rings. The van der Waals surface area contributed by atoms with E-state index in [4.69, 9.17) is 21.5 Å². The van der Waals surface area contributed by atoms with Gasteiger partial charge in [-0.1, -0.05) is 47.1 Å². The lowest BCUT2D eigenvalue weighted by atomic mass is 10.0. The van der Waals surface area contributed by atoms with Crippen LogP contribution in [0.25, 0.3) is 10.9 Å². The molecule has 2 aromatic carbocycles. The Morgan fingerprint density at radius 2 is 1.97 bits per heavy atom. The van der Waals surface area contributed by atoms with E-state index < -0.39 is 12.1 Å². The molecule has 0 bridgehead atoms. The van der Waals surface area contributed by atoms with Gasteiger partial charge in [-0.2, -0.15) is 0 Å². The van der Waals surface area contributed by atoms with Crippen molar-refractivity contribution < 1.29 is 19.5 Å². The number of nitrogens with one attached hydrogen (secondary N) is 2. The first-order valence-electron chi connectivity index (χ1n) is 9.31. The molecule has 1 saturated heterocycles. The minimum atomic E-state index is -0.820. The molecule has 9 heteroatoms. The second kappa shape index (κ2) is 8.46. The first kappa shape index (κ1) is 19.8. The van der Waals surface area contributed by atoms with Crippen molar-refractivity contribution in [2.45, 2.75) is 12.5 Å². The van der Waals surface area contributed by atoms with E-state index in [1.807, 2.05) is 30.3 Å².